The average Bonchev–Trinajstić information content (AvgIpc) is 3.11. The minimum Gasteiger partial charge on any atom is -0.351 e. The van der Waals surface area contributed by atoms with Crippen molar-refractivity contribution in [3.63, 3.8) is 0 Å². The second-order valence-corrected chi connectivity index (χ2v) is 5.95. The highest BCUT2D eigenvalue weighted by atomic mass is 32.1. The number of hydrogen-bond acceptors (Lipinski definition) is 6. The Balaban J connectivity index is 2.16. The Bertz CT molecular complexity index is 1030. The van der Waals surface area contributed by atoms with Crippen LogP contribution >= 0.6 is 11.3 Å². The molecule has 0 unspecified atom stereocenters. The summed E-state index contributed by atoms with van der Waals surface area (Å²) in [6.45, 7) is 5.81. The van der Waals surface area contributed by atoms with Gasteiger partial charge in [-0.05, 0) is 13.0 Å². The van der Waals surface area contributed by atoms with E-state index in [4.69, 9.17) is 4.52 Å². The number of benzene rings is 1. The molecule has 24 heavy (non-hydrogen) atoms. The van der Waals surface area contributed by atoms with Gasteiger partial charge in [-0.25, -0.2) is 0 Å². The predicted molar refractivity (Wildman–Crippen MR) is 87.8 cm³/mol. The number of aryl methyl sites for hydroxylation is 1. The molecule has 0 atom stereocenters. The van der Waals surface area contributed by atoms with Crippen LogP contribution in [0.25, 0.3) is 10.2 Å². The van der Waals surface area contributed by atoms with Gasteiger partial charge in [0.05, 0.1) is 20.8 Å². The van der Waals surface area contributed by atoms with E-state index in [-0.39, 0.29) is 11.4 Å². The van der Waals surface area contributed by atoms with Gasteiger partial charge in [0.1, 0.15) is 0 Å². The number of nitro benzene ring substituents is 1. The zero-order chi connectivity index (χ0) is 17.3. The first-order valence-electron chi connectivity index (χ1n) is 6.90. The summed E-state index contributed by atoms with van der Waals surface area (Å²) >= 11 is 1.19. The van der Waals surface area contributed by atoms with Gasteiger partial charge in [-0.3, -0.25) is 14.9 Å². The summed E-state index contributed by atoms with van der Waals surface area (Å²) in [7, 11) is 0. The lowest BCUT2D eigenvalue weighted by Gasteiger charge is -2.00. The Hall–Kier alpha value is -3.07. The number of fused-ring (bicyclic) bond motifs is 1. The minimum absolute atomic E-state index is 0.0155. The van der Waals surface area contributed by atoms with E-state index < -0.39 is 10.8 Å². The molecular weight excluding hydrogens is 332 g/mol. The number of carbonyl (C=O) groups excluding carboxylic acids is 1. The van der Waals surface area contributed by atoms with Gasteiger partial charge in [-0.15, -0.1) is 6.58 Å². The third-order valence-electron chi connectivity index (χ3n) is 3.22. The van der Waals surface area contributed by atoms with Crippen molar-refractivity contribution in [1.29, 1.82) is 0 Å². The molecule has 0 N–H and O–H groups in total. The molecule has 0 aliphatic heterocycles. The summed E-state index contributed by atoms with van der Waals surface area (Å²) in [6, 6.07) is 6.01. The highest BCUT2D eigenvalue weighted by Crippen LogP contribution is 2.23. The van der Waals surface area contributed by atoms with Crippen molar-refractivity contribution in [2.75, 3.05) is 0 Å². The molecule has 0 aliphatic rings. The Morgan fingerprint density at radius 2 is 2.33 bits per heavy atom. The lowest BCUT2D eigenvalue weighted by atomic mass is 10.3. The summed E-state index contributed by atoms with van der Waals surface area (Å²) in [5, 5.41) is 14.6. The van der Waals surface area contributed by atoms with Gasteiger partial charge >= 0.3 is 5.91 Å². The van der Waals surface area contributed by atoms with Crippen LogP contribution in [0.2, 0.25) is 0 Å². The van der Waals surface area contributed by atoms with Crippen molar-refractivity contribution < 1.29 is 14.2 Å². The van der Waals surface area contributed by atoms with E-state index in [1.54, 1.807) is 23.6 Å². The number of carbonyl (C=O) groups is 1. The molecule has 0 saturated carbocycles. The average molecular weight is 344 g/mol. The molecule has 2 heterocycles. The van der Waals surface area contributed by atoms with Crippen LogP contribution in [0, 0.1) is 17.0 Å². The number of nitrogens with zero attached hydrogens (tertiary/aromatic N) is 4. The Morgan fingerprint density at radius 3 is 2.96 bits per heavy atom. The maximum Gasteiger partial charge on any atom is 0.318 e. The smallest absolute Gasteiger partial charge is 0.318 e. The van der Waals surface area contributed by atoms with Crippen LogP contribution in [0.3, 0.4) is 0 Å². The fourth-order valence-electron chi connectivity index (χ4n) is 2.17. The Morgan fingerprint density at radius 1 is 1.54 bits per heavy atom. The van der Waals surface area contributed by atoms with Crippen molar-refractivity contribution in [3.8, 4) is 0 Å². The second kappa shape index (κ2) is 6.20. The van der Waals surface area contributed by atoms with E-state index in [0.29, 0.717) is 21.7 Å². The zero-order valence-electron chi connectivity index (χ0n) is 12.6. The number of rotatable bonds is 4. The molecule has 3 rings (SSSR count). The number of hydrogen-bond donors (Lipinski definition) is 0. The molecule has 9 heteroatoms. The van der Waals surface area contributed by atoms with Crippen LogP contribution in [0.4, 0.5) is 5.69 Å². The third kappa shape index (κ3) is 2.88. The largest absolute Gasteiger partial charge is 0.351 e. The lowest BCUT2D eigenvalue weighted by Crippen LogP contribution is -2.16. The molecule has 2 aromatic heterocycles. The van der Waals surface area contributed by atoms with E-state index in [2.05, 4.69) is 16.7 Å². The standard InChI is InChI=1S/C15H12N4O4S/c1-3-6-18-11-5-4-10(19(21)22)8-13(11)24-15(18)16-14(20)12-7-9(2)17-23-12/h3-5,7-8H,1,6H2,2H3. The third-order valence-corrected chi connectivity index (χ3v) is 4.27. The van der Waals surface area contributed by atoms with Gasteiger partial charge in [0.25, 0.3) is 5.69 Å². The number of nitro groups is 1. The summed E-state index contributed by atoms with van der Waals surface area (Å²) in [4.78, 5) is 27.1. The summed E-state index contributed by atoms with van der Waals surface area (Å²) in [5.41, 5.74) is 1.31. The van der Waals surface area contributed by atoms with Crippen molar-refractivity contribution >= 4 is 33.1 Å². The van der Waals surface area contributed by atoms with Crippen LogP contribution in [0.5, 0.6) is 0 Å². The summed E-state index contributed by atoms with van der Waals surface area (Å²) < 4.78 is 7.34. The quantitative estimate of drug-likeness (QED) is 0.411. The number of non-ortho nitro benzene ring substituents is 1. The molecule has 0 saturated heterocycles. The number of thiazole rings is 1. The molecular formula is C15H12N4O4S. The van der Waals surface area contributed by atoms with Crippen LogP contribution in [0.15, 0.2) is 46.4 Å². The van der Waals surface area contributed by atoms with E-state index in [9.17, 15) is 14.9 Å². The number of amides is 1. The highest BCUT2D eigenvalue weighted by molar-refractivity contribution is 7.16. The first-order chi connectivity index (χ1) is 11.5. The summed E-state index contributed by atoms with van der Waals surface area (Å²) in [6.07, 6.45) is 1.66. The zero-order valence-corrected chi connectivity index (χ0v) is 13.4. The fourth-order valence-corrected chi connectivity index (χ4v) is 3.24. The van der Waals surface area contributed by atoms with E-state index >= 15 is 0 Å². The van der Waals surface area contributed by atoms with Gasteiger partial charge in [0.15, 0.2) is 4.80 Å². The van der Waals surface area contributed by atoms with E-state index in [1.165, 1.54) is 29.5 Å². The molecule has 0 fully saturated rings. The highest BCUT2D eigenvalue weighted by Gasteiger charge is 2.14. The van der Waals surface area contributed by atoms with Crippen LogP contribution in [-0.2, 0) is 6.54 Å². The molecule has 1 amide bonds. The van der Waals surface area contributed by atoms with Crippen LogP contribution in [0.1, 0.15) is 16.2 Å². The van der Waals surface area contributed by atoms with E-state index in [0.717, 1.165) is 5.52 Å². The molecule has 0 bridgehead atoms. The van der Waals surface area contributed by atoms with Crippen molar-refractivity contribution in [2.24, 2.45) is 4.99 Å². The van der Waals surface area contributed by atoms with Crippen molar-refractivity contribution in [2.45, 2.75) is 13.5 Å². The Kier molecular flexibility index (Phi) is 4.09. The van der Waals surface area contributed by atoms with Crippen molar-refractivity contribution in [3.05, 3.63) is 63.3 Å². The van der Waals surface area contributed by atoms with Gasteiger partial charge in [-0.2, -0.15) is 4.99 Å². The van der Waals surface area contributed by atoms with Crippen LogP contribution < -0.4 is 4.80 Å². The normalized spacial score (nSPS) is 11.8. The number of allylic oxidation sites excluding steroid dienone is 1. The fraction of sp³-hybridized carbons (Fsp3) is 0.133. The SMILES string of the molecule is C=CCn1c(=NC(=O)c2cc(C)no2)sc2cc([N+](=O)[O-])ccc21. The molecule has 0 radical (unpaired) electrons. The molecule has 3 aromatic rings. The first kappa shape index (κ1) is 15.8. The minimum atomic E-state index is -0.561. The van der Waals surface area contributed by atoms with Crippen molar-refractivity contribution in [1.82, 2.24) is 9.72 Å². The summed E-state index contributed by atoms with van der Waals surface area (Å²) in [5.74, 6) is -0.518. The number of aromatic nitrogens is 2. The van der Waals surface area contributed by atoms with Gasteiger partial charge in [0.2, 0.25) is 5.76 Å². The second-order valence-electron chi connectivity index (χ2n) is 4.94. The molecule has 0 aliphatic carbocycles. The molecule has 8 nitrogen and oxygen atoms in total. The molecule has 122 valence electrons. The van der Waals surface area contributed by atoms with Crippen LogP contribution in [-0.4, -0.2) is 20.6 Å². The maximum atomic E-state index is 12.2. The van der Waals surface area contributed by atoms with Gasteiger partial charge in [0, 0.05) is 24.7 Å². The predicted octanol–water partition coefficient (Wildman–Crippen LogP) is 2.83. The lowest BCUT2D eigenvalue weighted by molar-refractivity contribution is -0.384. The topological polar surface area (TPSA) is 104 Å². The van der Waals surface area contributed by atoms with E-state index in [1.807, 2.05) is 0 Å². The molecule has 1 aromatic carbocycles. The monoisotopic (exact) mass is 344 g/mol. The van der Waals surface area contributed by atoms with Gasteiger partial charge < -0.3 is 9.09 Å². The maximum absolute atomic E-state index is 12.2. The van der Waals surface area contributed by atoms with Gasteiger partial charge in [-0.1, -0.05) is 22.6 Å². The molecule has 0 spiro atoms. The first-order valence-corrected chi connectivity index (χ1v) is 7.72. The Labute approximate surface area is 139 Å².